The lowest BCUT2D eigenvalue weighted by atomic mass is 9.91. The molecule has 0 heterocycles. The van der Waals surface area contributed by atoms with Crippen molar-refractivity contribution < 1.29 is 13.2 Å². The standard InChI is InChI=1S/C18H28F3N/c1-4-7-15(5-2)11-10-14(3)12-22(13-19)17-9-6-8-16(20)18(17)21/h6,8-9,14-15H,4-5,7,10-13H2,1-3H3. The van der Waals surface area contributed by atoms with E-state index in [0.29, 0.717) is 12.5 Å². The number of halogens is 3. The number of hydrogen-bond acceptors (Lipinski definition) is 1. The fourth-order valence-electron chi connectivity index (χ4n) is 2.90. The predicted octanol–water partition coefficient (Wildman–Crippen LogP) is 5.94. The summed E-state index contributed by atoms with van der Waals surface area (Å²) in [5, 5.41) is 0. The van der Waals surface area contributed by atoms with Crippen molar-refractivity contribution in [1.29, 1.82) is 0 Å². The third kappa shape index (κ3) is 5.54. The van der Waals surface area contributed by atoms with Gasteiger partial charge in [0.05, 0.1) is 5.69 Å². The molecular formula is C18H28F3N. The third-order valence-electron chi connectivity index (χ3n) is 4.29. The fourth-order valence-corrected chi connectivity index (χ4v) is 2.90. The second-order valence-corrected chi connectivity index (χ2v) is 6.16. The van der Waals surface area contributed by atoms with Gasteiger partial charge in [-0.1, -0.05) is 52.5 Å². The minimum Gasteiger partial charge on any atom is -0.342 e. The quantitative estimate of drug-likeness (QED) is 0.483. The van der Waals surface area contributed by atoms with Gasteiger partial charge in [0.2, 0.25) is 0 Å². The van der Waals surface area contributed by atoms with Crippen molar-refractivity contribution in [1.82, 2.24) is 0 Å². The first-order chi connectivity index (χ1) is 10.5. The van der Waals surface area contributed by atoms with Gasteiger partial charge in [0.25, 0.3) is 0 Å². The molecule has 0 N–H and O–H groups in total. The first-order valence-corrected chi connectivity index (χ1v) is 8.28. The Labute approximate surface area is 132 Å². The van der Waals surface area contributed by atoms with Crippen LogP contribution in [0, 0.1) is 23.5 Å². The third-order valence-corrected chi connectivity index (χ3v) is 4.29. The average molecular weight is 315 g/mol. The normalized spacial score (nSPS) is 13.9. The molecule has 0 amide bonds. The van der Waals surface area contributed by atoms with Gasteiger partial charge < -0.3 is 4.90 Å². The number of anilines is 1. The summed E-state index contributed by atoms with van der Waals surface area (Å²) in [6.07, 6.45) is 5.64. The molecule has 22 heavy (non-hydrogen) atoms. The molecular weight excluding hydrogens is 287 g/mol. The average Bonchev–Trinajstić information content (AvgIpc) is 2.52. The van der Waals surface area contributed by atoms with Crippen LogP contribution in [0.1, 0.15) is 52.9 Å². The summed E-state index contributed by atoms with van der Waals surface area (Å²) < 4.78 is 40.3. The van der Waals surface area contributed by atoms with E-state index in [1.807, 2.05) is 6.92 Å². The van der Waals surface area contributed by atoms with Crippen molar-refractivity contribution in [3.63, 3.8) is 0 Å². The number of hydrogen-bond donors (Lipinski definition) is 0. The van der Waals surface area contributed by atoms with Crippen LogP contribution in [0.25, 0.3) is 0 Å². The SMILES string of the molecule is CCCC(CC)CCC(C)CN(CF)c1cccc(F)c1F. The Bertz CT molecular complexity index is 436. The molecule has 0 bridgehead atoms. The Morgan fingerprint density at radius 3 is 2.41 bits per heavy atom. The highest BCUT2D eigenvalue weighted by atomic mass is 19.2. The van der Waals surface area contributed by atoms with Gasteiger partial charge in [0, 0.05) is 6.54 Å². The molecule has 0 aliphatic rings. The topological polar surface area (TPSA) is 3.24 Å². The van der Waals surface area contributed by atoms with Crippen LogP contribution in [0.2, 0.25) is 0 Å². The van der Waals surface area contributed by atoms with Gasteiger partial charge in [-0.05, 0) is 30.4 Å². The molecule has 2 unspecified atom stereocenters. The zero-order chi connectivity index (χ0) is 16.5. The number of benzene rings is 1. The van der Waals surface area contributed by atoms with Crippen molar-refractivity contribution in [2.75, 3.05) is 18.2 Å². The molecule has 0 saturated carbocycles. The molecule has 0 aliphatic carbocycles. The minimum absolute atomic E-state index is 0.00921. The van der Waals surface area contributed by atoms with Crippen molar-refractivity contribution >= 4 is 5.69 Å². The summed E-state index contributed by atoms with van der Waals surface area (Å²) >= 11 is 0. The highest BCUT2D eigenvalue weighted by Gasteiger charge is 2.17. The maximum absolute atomic E-state index is 13.8. The van der Waals surface area contributed by atoms with Crippen LogP contribution < -0.4 is 4.90 Å². The van der Waals surface area contributed by atoms with Crippen molar-refractivity contribution in [3.8, 4) is 0 Å². The van der Waals surface area contributed by atoms with E-state index in [0.717, 1.165) is 25.3 Å². The summed E-state index contributed by atoms with van der Waals surface area (Å²) in [6, 6.07) is 3.89. The van der Waals surface area contributed by atoms with Gasteiger partial charge in [0.15, 0.2) is 18.4 Å². The van der Waals surface area contributed by atoms with Crippen molar-refractivity contribution in [2.24, 2.45) is 11.8 Å². The molecule has 2 atom stereocenters. The molecule has 126 valence electrons. The maximum atomic E-state index is 13.8. The number of nitrogens with zero attached hydrogens (tertiary/aromatic N) is 1. The Balaban J connectivity index is 2.60. The monoisotopic (exact) mass is 315 g/mol. The maximum Gasteiger partial charge on any atom is 0.182 e. The van der Waals surface area contributed by atoms with E-state index in [1.165, 1.54) is 29.9 Å². The smallest absolute Gasteiger partial charge is 0.182 e. The van der Waals surface area contributed by atoms with E-state index in [-0.39, 0.29) is 11.6 Å². The summed E-state index contributed by atoms with van der Waals surface area (Å²) in [6.45, 7) is 6.01. The lowest BCUT2D eigenvalue weighted by Crippen LogP contribution is -2.29. The van der Waals surface area contributed by atoms with Crippen LogP contribution in [0.4, 0.5) is 18.9 Å². The van der Waals surface area contributed by atoms with E-state index in [2.05, 4.69) is 13.8 Å². The van der Waals surface area contributed by atoms with E-state index in [4.69, 9.17) is 0 Å². The molecule has 1 nitrogen and oxygen atoms in total. The van der Waals surface area contributed by atoms with Gasteiger partial charge in [-0.3, -0.25) is 0 Å². The zero-order valence-corrected chi connectivity index (χ0v) is 13.9. The Hall–Kier alpha value is -1.19. The van der Waals surface area contributed by atoms with Gasteiger partial charge >= 0.3 is 0 Å². The number of rotatable bonds is 10. The van der Waals surface area contributed by atoms with E-state index < -0.39 is 18.4 Å². The Morgan fingerprint density at radius 2 is 1.82 bits per heavy atom. The largest absolute Gasteiger partial charge is 0.342 e. The van der Waals surface area contributed by atoms with E-state index >= 15 is 0 Å². The van der Waals surface area contributed by atoms with Gasteiger partial charge in [-0.2, -0.15) is 0 Å². The lowest BCUT2D eigenvalue weighted by molar-refractivity contribution is 0.364. The molecule has 0 aliphatic heterocycles. The van der Waals surface area contributed by atoms with Gasteiger partial charge in [-0.15, -0.1) is 0 Å². The first kappa shape index (κ1) is 18.9. The molecule has 1 rings (SSSR count). The van der Waals surface area contributed by atoms with Crippen LogP contribution in [0.5, 0.6) is 0 Å². The molecule has 0 radical (unpaired) electrons. The highest BCUT2D eigenvalue weighted by molar-refractivity contribution is 5.47. The lowest BCUT2D eigenvalue weighted by Gasteiger charge is -2.26. The van der Waals surface area contributed by atoms with Crippen molar-refractivity contribution in [3.05, 3.63) is 29.8 Å². The van der Waals surface area contributed by atoms with Gasteiger partial charge in [-0.25, -0.2) is 13.2 Å². The number of alkyl halides is 1. The molecule has 0 fully saturated rings. The molecule has 4 heteroatoms. The van der Waals surface area contributed by atoms with Gasteiger partial charge in [0.1, 0.15) is 0 Å². The molecule has 1 aromatic rings. The van der Waals surface area contributed by atoms with E-state index in [9.17, 15) is 13.2 Å². The Morgan fingerprint density at radius 1 is 1.09 bits per heavy atom. The van der Waals surface area contributed by atoms with E-state index in [1.54, 1.807) is 0 Å². The molecule has 0 spiro atoms. The van der Waals surface area contributed by atoms with Crippen molar-refractivity contribution in [2.45, 2.75) is 52.9 Å². The summed E-state index contributed by atoms with van der Waals surface area (Å²) in [7, 11) is 0. The zero-order valence-electron chi connectivity index (χ0n) is 13.9. The minimum atomic E-state index is -0.968. The van der Waals surface area contributed by atoms with Crippen LogP contribution in [-0.4, -0.2) is 13.3 Å². The molecule has 1 aromatic carbocycles. The Kier molecular flexibility index (Phi) is 8.36. The van der Waals surface area contributed by atoms with Crippen LogP contribution in [0.15, 0.2) is 18.2 Å². The second kappa shape index (κ2) is 9.75. The van der Waals surface area contributed by atoms with Crippen LogP contribution in [-0.2, 0) is 0 Å². The second-order valence-electron chi connectivity index (χ2n) is 6.16. The van der Waals surface area contributed by atoms with Crippen LogP contribution in [0.3, 0.4) is 0 Å². The first-order valence-electron chi connectivity index (χ1n) is 8.28. The summed E-state index contributed by atoms with van der Waals surface area (Å²) in [4.78, 5) is 1.28. The molecule has 0 saturated heterocycles. The van der Waals surface area contributed by atoms with Crippen LogP contribution >= 0.6 is 0 Å². The summed E-state index contributed by atoms with van der Waals surface area (Å²) in [5.41, 5.74) is 0.00921. The summed E-state index contributed by atoms with van der Waals surface area (Å²) in [5.74, 6) is -0.955. The molecule has 0 aromatic heterocycles. The fraction of sp³-hybridized carbons (Fsp3) is 0.667. The predicted molar refractivity (Wildman–Crippen MR) is 86.8 cm³/mol. The highest BCUT2D eigenvalue weighted by Crippen LogP contribution is 2.25.